The monoisotopic (exact) mass is 276 g/mol. The zero-order valence-electron chi connectivity index (χ0n) is 8.13. The molecule has 0 heterocycles. The van der Waals surface area contributed by atoms with Gasteiger partial charge in [0, 0.05) is 11.1 Å². The van der Waals surface area contributed by atoms with E-state index in [0.29, 0.717) is 14.2 Å². The Labute approximate surface area is 111 Å². The second-order valence-electron chi connectivity index (χ2n) is 2.94. The van der Waals surface area contributed by atoms with Gasteiger partial charge >= 0.3 is 0 Å². The minimum atomic E-state index is 0.518. The molecule has 0 aromatic heterocycles. The van der Waals surface area contributed by atoms with Gasteiger partial charge in [-0.1, -0.05) is 60.6 Å². The number of allylic oxidation sites excluding steroid dienone is 1. The molecule has 0 bridgehead atoms. The third-order valence-corrected chi connectivity index (χ3v) is 3.16. The molecule has 0 aliphatic carbocycles. The molecule has 80 valence electrons. The lowest BCUT2D eigenvalue weighted by molar-refractivity contribution is 1.23. The lowest BCUT2D eigenvalue weighted by atomic mass is 10.1. The van der Waals surface area contributed by atoms with Crippen LogP contribution < -0.4 is 0 Å². The SMILES string of the molecule is CCC=Cc1c(C(=S)S)ccc(Cl)c1Cl. The summed E-state index contributed by atoms with van der Waals surface area (Å²) in [4.78, 5) is 0. The Balaban J connectivity index is 3.35. The number of hydrogen-bond acceptors (Lipinski definition) is 1. The van der Waals surface area contributed by atoms with Gasteiger partial charge in [-0.3, -0.25) is 0 Å². The first-order valence-electron chi connectivity index (χ1n) is 4.45. The van der Waals surface area contributed by atoms with Gasteiger partial charge in [0.1, 0.15) is 0 Å². The highest BCUT2D eigenvalue weighted by molar-refractivity contribution is 8.11. The molecule has 0 atom stereocenters. The van der Waals surface area contributed by atoms with Crippen LogP contribution >= 0.6 is 48.0 Å². The maximum Gasteiger partial charge on any atom is 0.0754 e. The zero-order chi connectivity index (χ0) is 11.4. The molecule has 15 heavy (non-hydrogen) atoms. The Morgan fingerprint density at radius 2 is 2.13 bits per heavy atom. The van der Waals surface area contributed by atoms with Crippen LogP contribution in [0.25, 0.3) is 6.08 Å². The smallest absolute Gasteiger partial charge is 0.0754 e. The Morgan fingerprint density at radius 3 is 2.67 bits per heavy atom. The molecular weight excluding hydrogens is 267 g/mol. The summed E-state index contributed by atoms with van der Waals surface area (Å²) in [7, 11) is 0. The van der Waals surface area contributed by atoms with E-state index in [2.05, 4.69) is 12.6 Å². The van der Waals surface area contributed by atoms with Crippen LogP contribution in [0.3, 0.4) is 0 Å². The molecule has 0 saturated heterocycles. The van der Waals surface area contributed by atoms with Crippen LogP contribution in [0.5, 0.6) is 0 Å². The molecule has 0 saturated carbocycles. The fourth-order valence-electron chi connectivity index (χ4n) is 1.15. The third kappa shape index (κ3) is 3.22. The largest absolute Gasteiger partial charge is 0.131 e. The van der Waals surface area contributed by atoms with Crippen molar-refractivity contribution in [2.45, 2.75) is 13.3 Å². The van der Waals surface area contributed by atoms with Gasteiger partial charge in [0.25, 0.3) is 0 Å². The summed E-state index contributed by atoms with van der Waals surface area (Å²) in [5.74, 6) is 0. The van der Waals surface area contributed by atoms with E-state index in [1.807, 2.05) is 25.1 Å². The van der Waals surface area contributed by atoms with Crippen molar-refractivity contribution >= 4 is 58.3 Å². The van der Waals surface area contributed by atoms with E-state index in [4.69, 9.17) is 35.4 Å². The molecule has 0 aliphatic rings. The Kier molecular flexibility index (Phi) is 5.13. The van der Waals surface area contributed by atoms with Crippen molar-refractivity contribution in [2.24, 2.45) is 0 Å². The molecule has 0 aliphatic heterocycles. The predicted molar refractivity (Wildman–Crippen MR) is 76.5 cm³/mol. The van der Waals surface area contributed by atoms with Crippen molar-refractivity contribution in [1.82, 2.24) is 0 Å². The highest BCUT2D eigenvalue weighted by Gasteiger charge is 2.09. The molecule has 0 spiro atoms. The number of benzene rings is 1. The standard InChI is InChI=1S/C11H10Cl2S2/c1-2-3-4-7-8(11(14)15)5-6-9(12)10(7)13/h3-6H,2H2,1H3,(H,14,15). The second kappa shape index (κ2) is 5.90. The first-order valence-corrected chi connectivity index (χ1v) is 6.07. The summed E-state index contributed by atoms with van der Waals surface area (Å²) < 4.78 is 0.518. The van der Waals surface area contributed by atoms with Crippen molar-refractivity contribution in [3.63, 3.8) is 0 Å². The van der Waals surface area contributed by atoms with Crippen LogP contribution in [0.15, 0.2) is 18.2 Å². The van der Waals surface area contributed by atoms with Crippen LogP contribution in [0.2, 0.25) is 10.0 Å². The maximum atomic E-state index is 6.10. The van der Waals surface area contributed by atoms with Crippen LogP contribution in [0, 0.1) is 0 Å². The van der Waals surface area contributed by atoms with Crippen LogP contribution in [0.4, 0.5) is 0 Å². The fourth-order valence-corrected chi connectivity index (χ4v) is 1.92. The highest BCUT2D eigenvalue weighted by Crippen LogP contribution is 2.30. The normalized spacial score (nSPS) is 10.9. The first-order chi connectivity index (χ1) is 7.07. The van der Waals surface area contributed by atoms with E-state index in [0.717, 1.165) is 17.5 Å². The van der Waals surface area contributed by atoms with Gasteiger partial charge in [0.2, 0.25) is 0 Å². The molecule has 0 amide bonds. The Bertz CT molecular complexity index is 411. The molecule has 0 radical (unpaired) electrons. The van der Waals surface area contributed by atoms with Crippen molar-refractivity contribution in [3.8, 4) is 0 Å². The summed E-state index contributed by atoms with van der Waals surface area (Å²) in [6, 6.07) is 3.56. The van der Waals surface area contributed by atoms with Gasteiger partial charge < -0.3 is 0 Å². The van der Waals surface area contributed by atoms with Crippen molar-refractivity contribution < 1.29 is 0 Å². The van der Waals surface area contributed by atoms with E-state index in [-0.39, 0.29) is 0 Å². The summed E-state index contributed by atoms with van der Waals surface area (Å²) in [5.41, 5.74) is 1.68. The van der Waals surface area contributed by atoms with E-state index in [1.54, 1.807) is 6.07 Å². The van der Waals surface area contributed by atoms with Gasteiger partial charge in [0.05, 0.1) is 14.2 Å². The zero-order valence-corrected chi connectivity index (χ0v) is 11.4. The van der Waals surface area contributed by atoms with Crippen molar-refractivity contribution in [1.29, 1.82) is 0 Å². The number of hydrogen-bond donors (Lipinski definition) is 1. The summed E-state index contributed by atoms with van der Waals surface area (Å²) in [5, 5.41) is 1.05. The van der Waals surface area contributed by atoms with E-state index < -0.39 is 0 Å². The molecule has 4 heteroatoms. The molecular formula is C11H10Cl2S2. The number of thiol groups is 1. The summed E-state index contributed by atoms with van der Waals surface area (Å²) >= 11 is 21.2. The summed E-state index contributed by atoms with van der Waals surface area (Å²) in [6.45, 7) is 2.05. The number of halogens is 2. The maximum absolute atomic E-state index is 6.10. The number of thiocarbonyl (C=S) groups is 1. The molecule has 0 unspecified atom stereocenters. The predicted octanol–water partition coefficient (Wildman–Crippen LogP) is 5.02. The lowest BCUT2D eigenvalue weighted by Gasteiger charge is -2.07. The highest BCUT2D eigenvalue weighted by atomic mass is 35.5. The minimum absolute atomic E-state index is 0.518. The van der Waals surface area contributed by atoms with E-state index >= 15 is 0 Å². The Hall–Kier alpha value is -0.0200. The quantitative estimate of drug-likeness (QED) is 0.597. The molecule has 0 N–H and O–H groups in total. The minimum Gasteiger partial charge on any atom is -0.131 e. The molecule has 1 aromatic carbocycles. The molecule has 0 nitrogen and oxygen atoms in total. The van der Waals surface area contributed by atoms with Gasteiger partial charge in [-0.15, -0.1) is 12.6 Å². The molecule has 0 fully saturated rings. The van der Waals surface area contributed by atoms with E-state index in [1.165, 1.54) is 0 Å². The van der Waals surface area contributed by atoms with Crippen molar-refractivity contribution in [2.75, 3.05) is 0 Å². The van der Waals surface area contributed by atoms with Crippen LogP contribution in [-0.2, 0) is 0 Å². The second-order valence-corrected chi connectivity index (χ2v) is 4.88. The van der Waals surface area contributed by atoms with Crippen molar-refractivity contribution in [3.05, 3.63) is 39.4 Å². The average Bonchev–Trinajstić information content (AvgIpc) is 2.19. The number of rotatable bonds is 3. The van der Waals surface area contributed by atoms with Crippen LogP contribution in [-0.4, -0.2) is 4.20 Å². The van der Waals surface area contributed by atoms with Gasteiger partial charge in [-0.2, -0.15) is 0 Å². The van der Waals surface area contributed by atoms with E-state index in [9.17, 15) is 0 Å². The Morgan fingerprint density at radius 1 is 1.47 bits per heavy atom. The summed E-state index contributed by atoms with van der Waals surface area (Å²) in [6.07, 6.45) is 4.86. The van der Waals surface area contributed by atoms with Gasteiger partial charge in [0.15, 0.2) is 0 Å². The topological polar surface area (TPSA) is 0 Å². The lowest BCUT2D eigenvalue weighted by Crippen LogP contribution is -1.93. The fraction of sp³-hybridized carbons (Fsp3) is 0.182. The average molecular weight is 277 g/mol. The van der Waals surface area contributed by atoms with Gasteiger partial charge in [-0.25, -0.2) is 0 Å². The third-order valence-electron chi connectivity index (χ3n) is 1.88. The van der Waals surface area contributed by atoms with Crippen LogP contribution in [0.1, 0.15) is 24.5 Å². The first kappa shape index (κ1) is 13.0. The molecule has 1 aromatic rings. The molecule has 1 rings (SSSR count). The van der Waals surface area contributed by atoms with Gasteiger partial charge in [-0.05, 0) is 12.5 Å².